The minimum atomic E-state index is 0.453. The first-order valence-electron chi connectivity index (χ1n) is 3.22. The van der Waals surface area contributed by atoms with Gasteiger partial charge in [0, 0.05) is 6.20 Å². The van der Waals surface area contributed by atoms with Gasteiger partial charge in [-0.25, -0.2) is 4.98 Å². The van der Waals surface area contributed by atoms with Crippen LogP contribution in [0.4, 0.5) is 5.82 Å². The second-order valence-corrected chi connectivity index (χ2v) is 2.82. The van der Waals surface area contributed by atoms with Gasteiger partial charge >= 0.3 is 0 Å². The molecule has 1 heterocycles. The van der Waals surface area contributed by atoms with Crippen molar-refractivity contribution in [1.29, 1.82) is 0 Å². The van der Waals surface area contributed by atoms with E-state index in [0.29, 0.717) is 10.7 Å². The van der Waals surface area contributed by atoms with Gasteiger partial charge in [-0.05, 0) is 24.1 Å². The van der Waals surface area contributed by atoms with Gasteiger partial charge < -0.3 is 5.73 Å². The van der Waals surface area contributed by atoms with Crippen LogP contribution in [-0.4, -0.2) is 4.98 Å². The topological polar surface area (TPSA) is 38.9 Å². The van der Waals surface area contributed by atoms with E-state index in [0.717, 1.165) is 11.1 Å². The average Bonchev–Trinajstić information content (AvgIpc) is 1.94. The smallest absolute Gasteiger partial charge is 0.137 e. The zero-order chi connectivity index (χ0) is 8.43. The number of nitrogens with zero attached hydrogens (tertiary/aromatic N) is 1. The summed E-state index contributed by atoms with van der Waals surface area (Å²) in [5, 5.41) is 0. The summed E-state index contributed by atoms with van der Waals surface area (Å²) in [5.74, 6) is 0.453. The molecule has 0 aliphatic heterocycles. The van der Waals surface area contributed by atoms with Crippen molar-refractivity contribution in [2.24, 2.45) is 0 Å². The zero-order valence-electron chi connectivity index (χ0n) is 6.33. The van der Waals surface area contributed by atoms with Crippen molar-refractivity contribution < 1.29 is 0 Å². The van der Waals surface area contributed by atoms with Crippen LogP contribution in [0.2, 0.25) is 0 Å². The summed E-state index contributed by atoms with van der Waals surface area (Å²) in [5.41, 5.74) is 7.44. The molecule has 2 N–H and O–H groups in total. The molecule has 0 aliphatic carbocycles. The minimum absolute atomic E-state index is 0.453. The minimum Gasteiger partial charge on any atom is -0.383 e. The first-order chi connectivity index (χ1) is 5.13. The van der Waals surface area contributed by atoms with Crippen LogP contribution >= 0.6 is 12.6 Å². The predicted octanol–water partition coefficient (Wildman–Crippen LogP) is 1.99. The van der Waals surface area contributed by atoms with Crippen molar-refractivity contribution in [2.75, 3.05) is 5.73 Å². The number of aromatic nitrogens is 1. The number of allylic oxidation sites excluding steroid dienone is 1. The molecular weight excluding hydrogens is 156 g/mol. The highest BCUT2D eigenvalue weighted by Gasteiger charge is 2.02. The number of nitrogen functional groups attached to an aromatic ring is 1. The molecule has 58 valence electrons. The van der Waals surface area contributed by atoms with Crippen LogP contribution in [0.25, 0.3) is 5.57 Å². The molecule has 11 heavy (non-hydrogen) atoms. The fourth-order valence-electron chi connectivity index (χ4n) is 0.815. The Morgan fingerprint density at radius 2 is 2.36 bits per heavy atom. The lowest BCUT2D eigenvalue weighted by Gasteiger charge is -2.04. The Kier molecular flexibility index (Phi) is 2.19. The summed E-state index contributed by atoms with van der Waals surface area (Å²) in [7, 11) is 0. The molecule has 0 radical (unpaired) electrons. The lowest BCUT2D eigenvalue weighted by Crippen LogP contribution is -1.93. The number of hydrogen-bond acceptors (Lipinski definition) is 3. The molecule has 0 saturated carbocycles. The summed E-state index contributed by atoms with van der Waals surface area (Å²) in [6, 6.07) is 1.85. The molecule has 1 rings (SSSR count). The van der Waals surface area contributed by atoms with E-state index in [2.05, 4.69) is 24.2 Å². The molecule has 0 atom stereocenters. The molecule has 0 aromatic carbocycles. The molecule has 1 aromatic rings. The second-order valence-electron chi connectivity index (χ2n) is 2.37. The van der Waals surface area contributed by atoms with Gasteiger partial charge in [-0.3, -0.25) is 0 Å². The van der Waals surface area contributed by atoms with Gasteiger partial charge in [0.2, 0.25) is 0 Å². The standard InChI is InChI=1S/C8H10N2S/c1-5(2)6-3-4-10-8(9)7(6)11/h3-4,11H,1H2,2H3,(H2,9,10). The lowest BCUT2D eigenvalue weighted by atomic mass is 10.1. The highest BCUT2D eigenvalue weighted by molar-refractivity contribution is 7.80. The molecular formula is C8H10N2S. The van der Waals surface area contributed by atoms with Gasteiger partial charge in [-0.2, -0.15) is 0 Å². The molecule has 0 aliphatic rings. The lowest BCUT2D eigenvalue weighted by molar-refractivity contribution is 1.23. The molecule has 0 fully saturated rings. The summed E-state index contributed by atoms with van der Waals surface area (Å²) >= 11 is 4.20. The van der Waals surface area contributed by atoms with Crippen LogP contribution in [0.3, 0.4) is 0 Å². The van der Waals surface area contributed by atoms with Crippen LogP contribution < -0.4 is 5.73 Å². The Bertz CT molecular complexity index is 294. The van der Waals surface area contributed by atoms with E-state index in [9.17, 15) is 0 Å². The van der Waals surface area contributed by atoms with E-state index >= 15 is 0 Å². The van der Waals surface area contributed by atoms with Crippen LogP contribution in [0.1, 0.15) is 12.5 Å². The van der Waals surface area contributed by atoms with Crippen molar-refractivity contribution in [3.63, 3.8) is 0 Å². The van der Waals surface area contributed by atoms with Gasteiger partial charge in [0.25, 0.3) is 0 Å². The van der Waals surface area contributed by atoms with Crippen molar-refractivity contribution >= 4 is 24.0 Å². The van der Waals surface area contributed by atoms with Crippen LogP contribution in [0.5, 0.6) is 0 Å². The van der Waals surface area contributed by atoms with E-state index < -0.39 is 0 Å². The second kappa shape index (κ2) is 2.96. The monoisotopic (exact) mass is 166 g/mol. The van der Waals surface area contributed by atoms with E-state index in [1.165, 1.54) is 0 Å². The number of thiol groups is 1. The third-order valence-corrected chi connectivity index (χ3v) is 1.88. The number of nitrogens with two attached hydrogens (primary N) is 1. The number of rotatable bonds is 1. The Morgan fingerprint density at radius 1 is 1.73 bits per heavy atom. The first kappa shape index (κ1) is 8.14. The van der Waals surface area contributed by atoms with Gasteiger partial charge in [-0.15, -0.1) is 12.6 Å². The highest BCUT2D eigenvalue weighted by Crippen LogP contribution is 2.23. The Hall–Kier alpha value is -0.960. The number of hydrogen-bond donors (Lipinski definition) is 2. The van der Waals surface area contributed by atoms with Gasteiger partial charge in [0.1, 0.15) is 5.82 Å². The van der Waals surface area contributed by atoms with Crippen molar-refractivity contribution in [3.05, 3.63) is 24.4 Å². The van der Waals surface area contributed by atoms with E-state index in [1.54, 1.807) is 6.20 Å². The highest BCUT2D eigenvalue weighted by atomic mass is 32.1. The first-order valence-corrected chi connectivity index (χ1v) is 3.67. The fourth-order valence-corrected chi connectivity index (χ4v) is 1.14. The molecule has 0 bridgehead atoms. The van der Waals surface area contributed by atoms with Crippen LogP contribution in [0.15, 0.2) is 23.7 Å². The SMILES string of the molecule is C=C(C)c1ccnc(N)c1S. The maximum absolute atomic E-state index is 5.53. The molecule has 0 unspecified atom stereocenters. The van der Waals surface area contributed by atoms with Crippen molar-refractivity contribution in [2.45, 2.75) is 11.8 Å². The molecule has 0 spiro atoms. The predicted molar refractivity (Wildman–Crippen MR) is 50.6 cm³/mol. The third kappa shape index (κ3) is 1.54. The number of pyridine rings is 1. The Balaban J connectivity index is 3.27. The summed E-state index contributed by atoms with van der Waals surface area (Å²) in [6.07, 6.45) is 1.65. The largest absolute Gasteiger partial charge is 0.383 e. The van der Waals surface area contributed by atoms with Crippen molar-refractivity contribution in [1.82, 2.24) is 4.98 Å². The summed E-state index contributed by atoms with van der Waals surface area (Å²) in [6.45, 7) is 5.71. The van der Waals surface area contributed by atoms with Crippen molar-refractivity contribution in [3.8, 4) is 0 Å². The quantitative estimate of drug-likeness (QED) is 0.626. The summed E-state index contributed by atoms with van der Waals surface area (Å²) in [4.78, 5) is 4.59. The van der Waals surface area contributed by atoms with Gasteiger partial charge in [0.05, 0.1) is 4.90 Å². The Labute approximate surface area is 71.6 Å². The van der Waals surface area contributed by atoms with Gasteiger partial charge in [0.15, 0.2) is 0 Å². The fraction of sp³-hybridized carbons (Fsp3) is 0.125. The summed E-state index contributed by atoms with van der Waals surface area (Å²) < 4.78 is 0. The zero-order valence-corrected chi connectivity index (χ0v) is 7.23. The Morgan fingerprint density at radius 3 is 2.82 bits per heavy atom. The third-order valence-electron chi connectivity index (χ3n) is 1.41. The van der Waals surface area contributed by atoms with Gasteiger partial charge in [-0.1, -0.05) is 6.58 Å². The molecule has 0 amide bonds. The van der Waals surface area contributed by atoms with Crippen LogP contribution in [-0.2, 0) is 0 Å². The number of anilines is 1. The average molecular weight is 166 g/mol. The normalized spacial score (nSPS) is 9.64. The molecule has 3 heteroatoms. The van der Waals surface area contributed by atoms with E-state index in [-0.39, 0.29) is 0 Å². The maximum atomic E-state index is 5.53. The molecule has 0 saturated heterocycles. The van der Waals surface area contributed by atoms with E-state index in [4.69, 9.17) is 5.73 Å². The van der Waals surface area contributed by atoms with E-state index in [1.807, 2.05) is 13.0 Å². The maximum Gasteiger partial charge on any atom is 0.137 e. The molecule has 1 aromatic heterocycles. The molecule has 2 nitrogen and oxygen atoms in total. The van der Waals surface area contributed by atoms with Crippen LogP contribution in [0, 0.1) is 0 Å².